The largest absolute Gasteiger partial charge is 0.466 e. The Morgan fingerprint density at radius 3 is 2.76 bits per heavy atom. The normalized spacial score (nSPS) is 9.86. The van der Waals surface area contributed by atoms with Gasteiger partial charge in [0.15, 0.2) is 0 Å². The number of furan rings is 1. The fourth-order valence-electron chi connectivity index (χ4n) is 2.06. The summed E-state index contributed by atoms with van der Waals surface area (Å²) < 4.78 is 5.35. The van der Waals surface area contributed by atoms with Gasteiger partial charge in [-0.2, -0.15) is 0 Å². The number of hydrogen-bond donors (Lipinski definition) is 2. The van der Waals surface area contributed by atoms with Crippen LogP contribution in [0.3, 0.4) is 0 Å². The first-order valence-electron chi connectivity index (χ1n) is 6.64. The highest BCUT2D eigenvalue weighted by Gasteiger charge is 2.13. The van der Waals surface area contributed by atoms with Crippen LogP contribution in [-0.2, 0) is 6.54 Å². The molecule has 1 heterocycles. The SMILES string of the molecule is Cc1cc(C(=O)NCc2ccccc2C#CCO)c(C)o1. The van der Waals surface area contributed by atoms with Crippen LogP contribution in [0.15, 0.2) is 34.7 Å². The molecule has 0 bridgehead atoms. The molecule has 0 radical (unpaired) electrons. The molecule has 108 valence electrons. The van der Waals surface area contributed by atoms with Crippen LogP contribution in [0.2, 0.25) is 0 Å². The standard InChI is InChI=1S/C17H17NO3/c1-12-10-16(13(2)21-12)17(20)18-11-15-7-4-3-6-14(15)8-5-9-19/h3-4,6-7,10,19H,9,11H2,1-2H3,(H,18,20). The minimum absolute atomic E-state index is 0.172. The number of carbonyl (C=O) groups excluding carboxylic acids is 1. The van der Waals surface area contributed by atoms with Gasteiger partial charge in [0.05, 0.1) is 5.56 Å². The van der Waals surface area contributed by atoms with Crippen LogP contribution in [0.1, 0.15) is 33.0 Å². The minimum atomic E-state index is -0.186. The van der Waals surface area contributed by atoms with Crippen molar-refractivity contribution in [3.8, 4) is 11.8 Å². The first-order valence-corrected chi connectivity index (χ1v) is 6.64. The maximum absolute atomic E-state index is 12.1. The van der Waals surface area contributed by atoms with Crippen molar-refractivity contribution in [1.29, 1.82) is 0 Å². The Kier molecular flexibility index (Phi) is 4.81. The zero-order valence-corrected chi connectivity index (χ0v) is 12.1. The summed E-state index contributed by atoms with van der Waals surface area (Å²) in [6.45, 7) is 3.76. The first-order chi connectivity index (χ1) is 10.1. The third-order valence-electron chi connectivity index (χ3n) is 3.04. The topological polar surface area (TPSA) is 62.5 Å². The van der Waals surface area contributed by atoms with Crippen LogP contribution in [-0.4, -0.2) is 17.6 Å². The molecule has 0 saturated carbocycles. The van der Waals surface area contributed by atoms with E-state index in [-0.39, 0.29) is 12.5 Å². The van der Waals surface area contributed by atoms with Crippen LogP contribution < -0.4 is 5.32 Å². The third kappa shape index (κ3) is 3.74. The van der Waals surface area contributed by atoms with Gasteiger partial charge >= 0.3 is 0 Å². The molecule has 2 N–H and O–H groups in total. The lowest BCUT2D eigenvalue weighted by atomic mass is 10.1. The number of nitrogens with one attached hydrogen (secondary N) is 1. The lowest BCUT2D eigenvalue weighted by Gasteiger charge is -2.06. The Bertz CT molecular complexity index is 704. The van der Waals surface area contributed by atoms with Gasteiger partial charge in [-0.1, -0.05) is 30.0 Å². The van der Waals surface area contributed by atoms with Crippen molar-refractivity contribution in [1.82, 2.24) is 5.32 Å². The van der Waals surface area contributed by atoms with Crippen LogP contribution in [0, 0.1) is 25.7 Å². The van der Waals surface area contributed by atoms with Crippen molar-refractivity contribution in [2.24, 2.45) is 0 Å². The van der Waals surface area contributed by atoms with Crippen LogP contribution in [0.4, 0.5) is 0 Å². The monoisotopic (exact) mass is 283 g/mol. The number of hydrogen-bond acceptors (Lipinski definition) is 3. The molecule has 2 aromatic rings. The molecule has 0 fully saturated rings. The molecule has 0 aliphatic heterocycles. The van der Waals surface area contributed by atoms with Gasteiger partial charge < -0.3 is 14.8 Å². The van der Waals surface area contributed by atoms with Crippen molar-refractivity contribution < 1.29 is 14.3 Å². The number of aryl methyl sites for hydroxylation is 2. The minimum Gasteiger partial charge on any atom is -0.466 e. The summed E-state index contributed by atoms with van der Waals surface area (Å²) in [6, 6.07) is 9.24. The average Bonchev–Trinajstić information content (AvgIpc) is 2.82. The summed E-state index contributed by atoms with van der Waals surface area (Å²) in [7, 11) is 0. The summed E-state index contributed by atoms with van der Waals surface area (Å²) in [5.41, 5.74) is 2.25. The van der Waals surface area contributed by atoms with Gasteiger partial charge in [0.2, 0.25) is 0 Å². The fraction of sp³-hybridized carbons (Fsp3) is 0.235. The Morgan fingerprint density at radius 2 is 2.10 bits per heavy atom. The molecule has 0 aliphatic carbocycles. The van der Waals surface area contributed by atoms with Crippen molar-refractivity contribution in [3.05, 3.63) is 58.5 Å². The molecule has 0 aliphatic rings. The molecule has 1 amide bonds. The Balaban J connectivity index is 2.10. The number of benzene rings is 1. The van der Waals surface area contributed by atoms with E-state index < -0.39 is 0 Å². The summed E-state index contributed by atoms with van der Waals surface area (Å²) in [6.07, 6.45) is 0. The van der Waals surface area contributed by atoms with Gasteiger partial charge in [-0.05, 0) is 31.5 Å². The second-order valence-corrected chi connectivity index (χ2v) is 4.63. The average molecular weight is 283 g/mol. The van der Waals surface area contributed by atoms with Crippen molar-refractivity contribution >= 4 is 5.91 Å². The van der Waals surface area contributed by atoms with Crippen molar-refractivity contribution in [2.45, 2.75) is 20.4 Å². The molecule has 4 heteroatoms. The van der Waals surface area contributed by atoms with Gasteiger partial charge in [-0.15, -0.1) is 0 Å². The zero-order chi connectivity index (χ0) is 15.2. The molecule has 21 heavy (non-hydrogen) atoms. The molecular weight excluding hydrogens is 266 g/mol. The molecule has 0 saturated heterocycles. The molecular formula is C17H17NO3. The number of aliphatic hydroxyl groups is 1. The lowest BCUT2D eigenvalue weighted by molar-refractivity contribution is 0.0949. The number of rotatable bonds is 3. The summed E-state index contributed by atoms with van der Waals surface area (Å²) in [4.78, 5) is 12.1. The van der Waals surface area contributed by atoms with Crippen molar-refractivity contribution in [3.63, 3.8) is 0 Å². The Labute approximate surface area is 123 Å². The van der Waals surface area contributed by atoms with E-state index in [9.17, 15) is 4.79 Å². The maximum Gasteiger partial charge on any atom is 0.255 e. The fourth-order valence-corrected chi connectivity index (χ4v) is 2.06. The van der Waals surface area contributed by atoms with Crippen LogP contribution in [0.5, 0.6) is 0 Å². The molecule has 0 spiro atoms. The quantitative estimate of drug-likeness (QED) is 0.849. The molecule has 1 aromatic carbocycles. The molecule has 0 atom stereocenters. The highest BCUT2D eigenvalue weighted by molar-refractivity contribution is 5.95. The maximum atomic E-state index is 12.1. The second kappa shape index (κ2) is 6.78. The van der Waals surface area contributed by atoms with E-state index in [0.717, 1.165) is 11.1 Å². The molecule has 2 rings (SSSR count). The molecule has 1 aromatic heterocycles. The first kappa shape index (κ1) is 14.9. The van der Waals surface area contributed by atoms with Gasteiger partial charge in [0.25, 0.3) is 5.91 Å². The van der Waals surface area contributed by atoms with Crippen LogP contribution >= 0.6 is 0 Å². The highest BCUT2D eigenvalue weighted by Crippen LogP contribution is 2.14. The molecule has 4 nitrogen and oxygen atoms in total. The van der Waals surface area contributed by atoms with E-state index in [1.54, 1.807) is 13.0 Å². The van der Waals surface area contributed by atoms with Crippen LogP contribution in [0.25, 0.3) is 0 Å². The van der Waals surface area contributed by atoms with E-state index in [1.165, 1.54) is 0 Å². The smallest absolute Gasteiger partial charge is 0.255 e. The molecule has 0 unspecified atom stereocenters. The van der Waals surface area contributed by atoms with E-state index in [2.05, 4.69) is 17.2 Å². The zero-order valence-electron chi connectivity index (χ0n) is 12.1. The van der Waals surface area contributed by atoms with Gasteiger partial charge in [-0.3, -0.25) is 4.79 Å². The van der Waals surface area contributed by atoms with E-state index in [0.29, 0.717) is 23.6 Å². The predicted molar refractivity (Wildman–Crippen MR) is 79.8 cm³/mol. The lowest BCUT2D eigenvalue weighted by Crippen LogP contribution is -2.23. The number of aliphatic hydroxyl groups excluding tert-OH is 1. The number of carbonyl (C=O) groups is 1. The summed E-state index contributed by atoms with van der Waals surface area (Å²) in [5, 5.41) is 11.6. The summed E-state index contributed by atoms with van der Waals surface area (Å²) >= 11 is 0. The number of amides is 1. The summed E-state index contributed by atoms with van der Waals surface area (Å²) in [5.74, 6) is 6.64. The van der Waals surface area contributed by atoms with Gasteiger partial charge in [0.1, 0.15) is 18.1 Å². The Morgan fingerprint density at radius 1 is 1.33 bits per heavy atom. The highest BCUT2D eigenvalue weighted by atomic mass is 16.3. The van der Waals surface area contributed by atoms with E-state index >= 15 is 0 Å². The third-order valence-corrected chi connectivity index (χ3v) is 3.04. The van der Waals surface area contributed by atoms with Crippen molar-refractivity contribution in [2.75, 3.05) is 6.61 Å². The van der Waals surface area contributed by atoms with Gasteiger partial charge in [-0.25, -0.2) is 0 Å². The Hall–Kier alpha value is -2.51. The van der Waals surface area contributed by atoms with Gasteiger partial charge in [0, 0.05) is 12.1 Å². The van der Waals surface area contributed by atoms with E-state index in [4.69, 9.17) is 9.52 Å². The predicted octanol–water partition coefficient (Wildman–Crippen LogP) is 2.17. The van der Waals surface area contributed by atoms with E-state index in [1.807, 2.05) is 31.2 Å². The second-order valence-electron chi connectivity index (χ2n) is 4.63.